The molecule has 1 aliphatic rings. The molecule has 1 aliphatic heterocycles. The van der Waals surface area contributed by atoms with E-state index in [2.05, 4.69) is 5.32 Å². The Kier molecular flexibility index (Phi) is 3.29. The first-order valence-corrected chi connectivity index (χ1v) is 6.47. The highest BCUT2D eigenvalue weighted by molar-refractivity contribution is 6.04. The molecule has 0 aromatic heterocycles. The summed E-state index contributed by atoms with van der Waals surface area (Å²) in [7, 11) is 1.61. The zero-order valence-electron chi connectivity index (χ0n) is 11.2. The molecule has 0 bridgehead atoms. The topological polar surface area (TPSA) is 47.6 Å². The number of methoxy groups -OCH3 is 1. The van der Waals surface area contributed by atoms with Crippen LogP contribution in [0.1, 0.15) is 15.9 Å². The Morgan fingerprint density at radius 2 is 2.00 bits per heavy atom. The van der Waals surface area contributed by atoms with Crippen LogP contribution in [0.2, 0.25) is 0 Å². The lowest BCUT2D eigenvalue weighted by Crippen LogP contribution is -2.11. The van der Waals surface area contributed by atoms with E-state index >= 15 is 0 Å². The fourth-order valence-corrected chi connectivity index (χ4v) is 2.21. The molecule has 0 saturated carbocycles. The molecule has 0 unspecified atom stereocenters. The summed E-state index contributed by atoms with van der Waals surface area (Å²) in [5.41, 5.74) is 2.48. The van der Waals surface area contributed by atoms with Crippen molar-refractivity contribution in [1.82, 2.24) is 0 Å². The molecule has 2 aromatic carbocycles. The first kappa shape index (κ1) is 12.5. The van der Waals surface area contributed by atoms with Crippen LogP contribution in [0.15, 0.2) is 42.5 Å². The molecule has 1 N–H and O–H groups in total. The fourth-order valence-electron chi connectivity index (χ4n) is 2.21. The Balaban J connectivity index is 1.75. The van der Waals surface area contributed by atoms with Crippen molar-refractivity contribution >= 4 is 11.6 Å². The van der Waals surface area contributed by atoms with Gasteiger partial charge in [-0.1, -0.05) is 0 Å². The Morgan fingerprint density at radius 3 is 2.75 bits per heavy atom. The van der Waals surface area contributed by atoms with Gasteiger partial charge in [0.1, 0.15) is 11.5 Å². The first-order valence-electron chi connectivity index (χ1n) is 6.47. The van der Waals surface area contributed by atoms with Crippen LogP contribution in [0, 0.1) is 0 Å². The van der Waals surface area contributed by atoms with E-state index < -0.39 is 0 Å². The van der Waals surface area contributed by atoms with E-state index in [1.165, 1.54) is 0 Å². The van der Waals surface area contributed by atoms with Gasteiger partial charge in [0.15, 0.2) is 0 Å². The monoisotopic (exact) mass is 269 g/mol. The molecule has 0 radical (unpaired) electrons. The Morgan fingerprint density at radius 1 is 1.20 bits per heavy atom. The lowest BCUT2D eigenvalue weighted by atomic mass is 10.1. The summed E-state index contributed by atoms with van der Waals surface area (Å²) in [5.74, 6) is 1.52. The smallest absolute Gasteiger partial charge is 0.255 e. The molecule has 2 aromatic rings. The molecule has 1 amide bonds. The molecule has 0 saturated heterocycles. The van der Waals surface area contributed by atoms with Gasteiger partial charge in [-0.05, 0) is 48.0 Å². The summed E-state index contributed by atoms with van der Waals surface area (Å²) in [6.45, 7) is 0.693. The van der Waals surface area contributed by atoms with Gasteiger partial charge < -0.3 is 14.8 Å². The second-order valence-electron chi connectivity index (χ2n) is 4.60. The molecule has 0 aliphatic carbocycles. The molecule has 102 valence electrons. The third-order valence-electron chi connectivity index (χ3n) is 3.30. The van der Waals surface area contributed by atoms with Crippen LogP contribution in [-0.2, 0) is 6.42 Å². The minimum atomic E-state index is -0.120. The number of ether oxygens (including phenoxy) is 2. The predicted molar refractivity (Wildman–Crippen MR) is 76.6 cm³/mol. The summed E-state index contributed by atoms with van der Waals surface area (Å²) < 4.78 is 10.5. The molecule has 1 heterocycles. The molecular formula is C16H15NO3. The number of hydrogen-bond donors (Lipinski definition) is 1. The van der Waals surface area contributed by atoms with Crippen LogP contribution in [0.25, 0.3) is 0 Å². The number of amides is 1. The standard InChI is InChI=1S/C16H15NO3/c1-19-14-5-3-13(4-6-14)17-16(18)12-2-7-15-11(10-12)8-9-20-15/h2-7,10H,8-9H2,1H3,(H,17,18). The van der Waals surface area contributed by atoms with Crippen molar-refractivity contribution in [2.75, 3.05) is 19.0 Å². The summed E-state index contributed by atoms with van der Waals surface area (Å²) in [5, 5.41) is 2.87. The number of carbonyl (C=O) groups is 1. The van der Waals surface area contributed by atoms with Gasteiger partial charge >= 0.3 is 0 Å². The van der Waals surface area contributed by atoms with Crippen LogP contribution in [-0.4, -0.2) is 19.6 Å². The van der Waals surface area contributed by atoms with Gasteiger partial charge in [0.2, 0.25) is 0 Å². The first-order chi connectivity index (χ1) is 9.76. The van der Waals surface area contributed by atoms with E-state index in [-0.39, 0.29) is 5.91 Å². The number of carbonyl (C=O) groups excluding carboxylic acids is 1. The van der Waals surface area contributed by atoms with Gasteiger partial charge in [-0.3, -0.25) is 4.79 Å². The zero-order valence-corrected chi connectivity index (χ0v) is 11.2. The highest BCUT2D eigenvalue weighted by Crippen LogP contribution is 2.26. The lowest BCUT2D eigenvalue weighted by Gasteiger charge is -2.07. The lowest BCUT2D eigenvalue weighted by molar-refractivity contribution is 0.102. The van der Waals surface area contributed by atoms with E-state index in [9.17, 15) is 4.79 Å². The second-order valence-corrected chi connectivity index (χ2v) is 4.60. The molecule has 4 heteroatoms. The maximum Gasteiger partial charge on any atom is 0.255 e. The van der Waals surface area contributed by atoms with E-state index in [4.69, 9.17) is 9.47 Å². The molecule has 0 spiro atoms. The third-order valence-corrected chi connectivity index (χ3v) is 3.30. The molecule has 0 fully saturated rings. The Labute approximate surface area is 117 Å². The summed E-state index contributed by atoms with van der Waals surface area (Å²) in [4.78, 5) is 12.2. The van der Waals surface area contributed by atoms with Gasteiger partial charge in [0.25, 0.3) is 5.91 Å². The minimum Gasteiger partial charge on any atom is -0.497 e. The number of anilines is 1. The van der Waals surface area contributed by atoms with Gasteiger partial charge in [0, 0.05) is 17.7 Å². The largest absolute Gasteiger partial charge is 0.497 e. The summed E-state index contributed by atoms with van der Waals surface area (Å²) in [6, 6.07) is 12.8. The minimum absolute atomic E-state index is 0.120. The zero-order chi connectivity index (χ0) is 13.9. The van der Waals surface area contributed by atoms with Crippen LogP contribution in [0.5, 0.6) is 11.5 Å². The van der Waals surface area contributed by atoms with Crippen LogP contribution in [0.4, 0.5) is 5.69 Å². The van der Waals surface area contributed by atoms with Gasteiger partial charge in [0.05, 0.1) is 13.7 Å². The third kappa shape index (κ3) is 2.45. The van der Waals surface area contributed by atoms with Crippen LogP contribution in [0.3, 0.4) is 0 Å². The molecule has 0 atom stereocenters. The van der Waals surface area contributed by atoms with Crippen LogP contribution < -0.4 is 14.8 Å². The number of rotatable bonds is 3. The quantitative estimate of drug-likeness (QED) is 0.932. The number of benzene rings is 2. The van der Waals surface area contributed by atoms with Gasteiger partial charge in [-0.15, -0.1) is 0 Å². The summed E-state index contributed by atoms with van der Waals surface area (Å²) in [6.07, 6.45) is 0.860. The molecule has 20 heavy (non-hydrogen) atoms. The fraction of sp³-hybridized carbons (Fsp3) is 0.188. The van der Waals surface area contributed by atoms with Crippen molar-refractivity contribution in [2.45, 2.75) is 6.42 Å². The van der Waals surface area contributed by atoms with Crippen molar-refractivity contribution < 1.29 is 14.3 Å². The highest BCUT2D eigenvalue weighted by Gasteiger charge is 2.15. The number of fused-ring (bicyclic) bond motifs is 1. The van der Waals surface area contributed by atoms with Crippen LogP contribution >= 0.6 is 0 Å². The predicted octanol–water partition coefficient (Wildman–Crippen LogP) is 2.88. The van der Waals surface area contributed by atoms with Crippen molar-refractivity contribution in [3.8, 4) is 11.5 Å². The van der Waals surface area contributed by atoms with Gasteiger partial charge in [-0.25, -0.2) is 0 Å². The van der Waals surface area contributed by atoms with E-state index in [1.54, 1.807) is 13.2 Å². The SMILES string of the molecule is COc1ccc(NC(=O)c2ccc3c(c2)CCO3)cc1. The summed E-state index contributed by atoms with van der Waals surface area (Å²) >= 11 is 0. The Hall–Kier alpha value is -2.49. The van der Waals surface area contributed by atoms with E-state index in [0.717, 1.165) is 29.2 Å². The second kappa shape index (κ2) is 5.25. The van der Waals surface area contributed by atoms with Crippen molar-refractivity contribution in [1.29, 1.82) is 0 Å². The number of hydrogen-bond acceptors (Lipinski definition) is 3. The Bertz CT molecular complexity index is 635. The molecular weight excluding hydrogens is 254 g/mol. The molecule has 3 rings (SSSR count). The van der Waals surface area contributed by atoms with Gasteiger partial charge in [-0.2, -0.15) is 0 Å². The highest BCUT2D eigenvalue weighted by atomic mass is 16.5. The average molecular weight is 269 g/mol. The average Bonchev–Trinajstić information content (AvgIpc) is 2.95. The van der Waals surface area contributed by atoms with E-state index in [0.29, 0.717) is 12.2 Å². The maximum atomic E-state index is 12.2. The number of nitrogens with one attached hydrogen (secondary N) is 1. The maximum absolute atomic E-state index is 12.2. The normalized spacial score (nSPS) is 12.4. The van der Waals surface area contributed by atoms with Crippen molar-refractivity contribution in [3.63, 3.8) is 0 Å². The van der Waals surface area contributed by atoms with Crippen molar-refractivity contribution in [3.05, 3.63) is 53.6 Å². The van der Waals surface area contributed by atoms with E-state index in [1.807, 2.05) is 36.4 Å². The van der Waals surface area contributed by atoms with Crippen molar-refractivity contribution in [2.24, 2.45) is 0 Å². The molecule has 4 nitrogen and oxygen atoms in total.